The van der Waals surface area contributed by atoms with Crippen LogP contribution in [0.1, 0.15) is 118 Å². The zero-order valence-electron chi connectivity index (χ0n) is 17.4. The molecule has 0 aromatic heterocycles. The molecule has 144 valence electrons. The Morgan fingerprint density at radius 3 is 1.21 bits per heavy atom. The van der Waals surface area contributed by atoms with Crippen molar-refractivity contribution < 1.29 is 9.28 Å². The van der Waals surface area contributed by atoms with Gasteiger partial charge in [0.15, 0.2) is 0 Å². The highest BCUT2D eigenvalue weighted by Crippen LogP contribution is 2.15. The van der Waals surface area contributed by atoms with E-state index in [-0.39, 0.29) is 0 Å². The lowest BCUT2D eigenvalue weighted by atomic mass is 10.0. The number of carbonyl (C=O) groups is 1. The van der Waals surface area contributed by atoms with Crippen molar-refractivity contribution >= 4 is 5.91 Å². The lowest BCUT2D eigenvalue weighted by Gasteiger charge is -2.32. The number of rotatable bonds is 17. The summed E-state index contributed by atoms with van der Waals surface area (Å²) >= 11 is 0. The van der Waals surface area contributed by atoms with E-state index in [1.807, 2.05) is 0 Å². The molecule has 2 nitrogen and oxygen atoms in total. The Labute approximate surface area is 153 Å². The van der Waals surface area contributed by atoms with Crippen molar-refractivity contribution in [1.29, 1.82) is 0 Å². The van der Waals surface area contributed by atoms with Crippen LogP contribution in [0.2, 0.25) is 0 Å². The lowest BCUT2D eigenvalue weighted by molar-refractivity contribution is -0.849. The van der Waals surface area contributed by atoms with Gasteiger partial charge in [-0.3, -0.25) is 4.48 Å². The van der Waals surface area contributed by atoms with Gasteiger partial charge in [0.1, 0.15) is 0 Å². The van der Waals surface area contributed by atoms with E-state index in [9.17, 15) is 4.79 Å². The van der Waals surface area contributed by atoms with Crippen LogP contribution in [0.5, 0.6) is 0 Å². The molecule has 0 aliphatic carbocycles. The normalized spacial score (nSPS) is 11.8. The molecule has 2 heteroatoms. The maximum absolute atomic E-state index is 12.4. The standard InChI is InChI=1S/C22H46NO/c1-5-9-10-11-12-13-14-15-16-17-18-19-20-21-22(24)23(6-2,7-3)8-4/h5-21H2,1-4H3/q+1. The molecule has 0 N–H and O–H groups in total. The van der Waals surface area contributed by atoms with Gasteiger partial charge in [-0.2, -0.15) is 0 Å². The highest BCUT2D eigenvalue weighted by atomic mass is 16.2. The topological polar surface area (TPSA) is 17.1 Å². The quantitative estimate of drug-likeness (QED) is 0.208. The molecule has 0 fully saturated rings. The third kappa shape index (κ3) is 10.5. The first-order valence-corrected chi connectivity index (χ1v) is 11.1. The summed E-state index contributed by atoms with van der Waals surface area (Å²) in [6, 6.07) is 0. The van der Waals surface area contributed by atoms with E-state index in [1.165, 1.54) is 77.0 Å². The smallest absolute Gasteiger partial charge is 0.261 e. The van der Waals surface area contributed by atoms with Crippen LogP contribution in [0.3, 0.4) is 0 Å². The maximum atomic E-state index is 12.4. The Morgan fingerprint density at radius 1 is 0.542 bits per heavy atom. The Balaban J connectivity index is 3.43. The van der Waals surface area contributed by atoms with Crippen LogP contribution >= 0.6 is 0 Å². The number of hydrogen-bond donors (Lipinski definition) is 0. The van der Waals surface area contributed by atoms with E-state index in [1.54, 1.807) is 0 Å². The minimum Gasteiger partial charge on any atom is -0.261 e. The molecule has 1 amide bonds. The Bertz CT molecular complexity index is 275. The number of nitrogens with zero attached hydrogens (tertiary/aromatic N) is 1. The third-order valence-corrected chi connectivity index (χ3v) is 5.84. The van der Waals surface area contributed by atoms with Crippen molar-refractivity contribution in [3.8, 4) is 0 Å². The summed E-state index contributed by atoms with van der Waals surface area (Å²) in [5.41, 5.74) is 0. The van der Waals surface area contributed by atoms with Crippen LogP contribution in [0.15, 0.2) is 0 Å². The van der Waals surface area contributed by atoms with Crippen LogP contribution in [-0.4, -0.2) is 30.0 Å². The van der Waals surface area contributed by atoms with E-state index in [2.05, 4.69) is 27.7 Å². The monoisotopic (exact) mass is 340 g/mol. The van der Waals surface area contributed by atoms with E-state index < -0.39 is 0 Å². The summed E-state index contributed by atoms with van der Waals surface area (Å²) in [7, 11) is 0. The van der Waals surface area contributed by atoms with Crippen LogP contribution < -0.4 is 0 Å². The van der Waals surface area contributed by atoms with Gasteiger partial charge < -0.3 is 0 Å². The van der Waals surface area contributed by atoms with Gasteiger partial charge in [0.2, 0.25) is 0 Å². The van der Waals surface area contributed by atoms with Crippen molar-refractivity contribution in [3.63, 3.8) is 0 Å². The number of quaternary nitrogens is 1. The molecule has 0 bridgehead atoms. The van der Waals surface area contributed by atoms with Gasteiger partial charge in [-0.15, -0.1) is 0 Å². The summed E-state index contributed by atoms with van der Waals surface area (Å²) in [6.07, 6.45) is 18.5. The van der Waals surface area contributed by atoms with Crippen LogP contribution in [0, 0.1) is 0 Å². The molecule has 0 aliphatic rings. The molecular formula is C22H46NO+. The molecule has 0 heterocycles. The predicted octanol–water partition coefficient (Wildman–Crippen LogP) is 6.87. The Kier molecular flexibility index (Phi) is 15.9. The highest BCUT2D eigenvalue weighted by Gasteiger charge is 2.29. The molecule has 0 aliphatic heterocycles. The molecule has 0 aromatic rings. The van der Waals surface area contributed by atoms with Crippen molar-refractivity contribution in [2.75, 3.05) is 19.6 Å². The second-order valence-corrected chi connectivity index (χ2v) is 7.48. The van der Waals surface area contributed by atoms with E-state index in [0.717, 1.165) is 32.5 Å². The Hall–Kier alpha value is -0.370. The minimum absolute atomic E-state index is 0.463. The number of amides is 1. The summed E-state index contributed by atoms with van der Waals surface area (Å²) in [4.78, 5) is 12.4. The molecule has 0 rings (SSSR count). The van der Waals surface area contributed by atoms with E-state index >= 15 is 0 Å². The molecule has 0 saturated carbocycles. The van der Waals surface area contributed by atoms with Crippen molar-refractivity contribution in [1.82, 2.24) is 0 Å². The highest BCUT2D eigenvalue weighted by molar-refractivity contribution is 5.68. The van der Waals surface area contributed by atoms with Gasteiger partial charge in [0.25, 0.3) is 0 Å². The first-order chi connectivity index (χ1) is 11.7. The lowest BCUT2D eigenvalue weighted by Crippen LogP contribution is -2.52. The molecular weight excluding hydrogens is 294 g/mol. The van der Waals surface area contributed by atoms with Gasteiger partial charge in [-0.25, -0.2) is 4.79 Å². The van der Waals surface area contributed by atoms with Crippen molar-refractivity contribution in [3.05, 3.63) is 0 Å². The van der Waals surface area contributed by atoms with Crippen molar-refractivity contribution in [2.24, 2.45) is 0 Å². The summed E-state index contributed by atoms with van der Waals surface area (Å²) in [5.74, 6) is 0.463. The number of carbonyl (C=O) groups excluding carboxylic acids is 1. The SMILES string of the molecule is CCCCCCCCCCCCCCCC(=O)[N+](CC)(CC)CC. The van der Waals surface area contributed by atoms with Crippen LogP contribution in [0.25, 0.3) is 0 Å². The molecule has 24 heavy (non-hydrogen) atoms. The number of unbranched alkanes of at least 4 members (excludes halogenated alkanes) is 12. The number of hydrogen-bond acceptors (Lipinski definition) is 1. The summed E-state index contributed by atoms with van der Waals surface area (Å²) in [6.45, 7) is 11.6. The van der Waals surface area contributed by atoms with Crippen molar-refractivity contribution in [2.45, 2.75) is 118 Å². The summed E-state index contributed by atoms with van der Waals surface area (Å²) < 4.78 is 0.679. The molecule has 0 aromatic carbocycles. The fourth-order valence-corrected chi connectivity index (χ4v) is 3.73. The van der Waals surface area contributed by atoms with Gasteiger partial charge in [-0.1, -0.05) is 84.0 Å². The van der Waals surface area contributed by atoms with Gasteiger partial charge in [0, 0.05) is 0 Å². The van der Waals surface area contributed by atoms with E-state index in [0.29, 0.717) is 10.4 Å². The van der Waals surface area contributed by atoms with Crippen LogP contribution in [0.4, 0.5) is 0 Å². The molecule has 0 radical (unpaired) electrons. The molecule has 0 saturated heterocycles. The largest absolute Gasteiger partial charge is 0.313 e. The zero-order chi connectivity index (χ0) is 18.1. The van der Waals surface area contributed by atoms with Crippen LogP contribution in [-0.2, 0) is 4.79 Å². The van der Waals surface area contributed by atoms with Gasteiger partial charge >= 0.3 is 5.91 Å². The molecule has 0 spiro atoms. The fourth-order valence-electron chi connectivity index (χ4n) is 3.73. The first-order valence-electron chi connectivity index (χ1n) is 11.1. The second kappa shape index (κ2) is 16.1. The average molecular weight is 341 g/mol. The second-order valence-electron chi connectivity index (χ2n) is 7.48. The zero-order valence-corrected chi connectivity index (χ0v) is 17.4. The van der Waals surface area contributed by atoms with E-state index in [4.69, 9.17) is 0 Å². The average Bonchev–Trinajstić information content (AvgIpc) is 2.61. The van der Waals surface area contributed by atoms with Gasteiger partial charge in [-0.05, 0) is 27.2 Å². The minimum atomic E-state index is 0.463. The maximum Gasteiger partial charge on any atom is 0.313 e. The predicted molar refractivity (Wildman–Crippen MR) is 107 cm³/mol. The summed E-state index contributed by atoms with van der Waals surface area (Å²) in [5, 5.41) is 0. The Morgan fingerprint density at radius 2 is 0.875 bits per heavy atom. The first kappa shape index (κ1) is 23.6. The molecule has 0 atom stereocenters. The molecule has 0 unspecified atom stereocenters. The van der Waals surface area contributed by atoms with Gasteiger partial charge in [0.05, 0.1) is 26.1 Å². The fraction of sp³-hybridized carbons (Fsp3) is 0.955. The third-order valence-electron chi connectivity index (χ3n) is 5.84.